The maximum Gasteiger partial charge on any atom is 0.261 e. The van der Waals surface area contributed by atoms with E-state index in [4.69, 9.17) is 4.98 Å². The fourth-order valence-electron chi connectivity index (χ4n) is 4.03. The summed E-state index contributed by atoms with van der Waals surface area (Å²) in [5, 5.41) is 2.72. The summed E-state index contributed by atoms with van der Waals surface area (Å²) in [4.78, 5) is 21.3. The first-order valence-electron chi connectivity index (χ1n) is 9.74. The number of anilines is 1. The predicted octanol–water partition coefficient (Wildman–Crippen LogP) is 4.22. The maximum absolute atomic E-state index is 12.0. The first-order chi connectivity index (χ1) is 14.1. The summed E-state index contributed by atoms with van der Waals surface area (Å²) in [6.45, 7) is 1.78. The highest BCUT2D eigenvalue weighted by Crippen LogP contribution is 2.32. The number of benzene rings is 2. The molecule has 2 aromatic carbocycles. The number of aryl methyl sites for hydroxylation is 1. The molecule has 0 spiro atoms. The third-order valence-electron chi connectivity index (χ3n) is 5.57. The monoisotopic (exact) mass is 402 g/mol. The SMILES string of the molecule is CNC(=O)c1cc2c(s1)CCN(c1cccc(-c3nc4ccccc4n3C)c1)C2. The van der Waals surface area contributed by atoms with Crippen molar-refractivity contribution in [1.82, 2.24) is 14.9 Å². The molecule has 0 saturated heterocycles. The molecule has 0 bridgehead atoms. The molecule has 29 heavy (non-hydrogen) atoms. The van der Waals surface area contributed by atoms with Crippen LogP contribution >= 0.6 is 11.3 Å². The number of nitrogens with one attached hydrogen (secondary N) is 1. The summed E-state index contributed by atoms with van der Waals surface area (Å²) in [5.41, 5.74) is 5.71. The van der Waals surface area contributed by atoms with E-state index in [1.54, 1.807) is 18.4 Å². The molecule has 0 saturated carbocycles. The normalized spacial score (nSPS) is 13.5. The van der Waals surface area contributed by atoms with Crippen LogP contribution in [-0.2, 0) is 20.0 Å². The van der Waals surface area contributed by atoms with Gasteiger partial charge in [0.2, 0.25) is 0 Å². The summed E-state index contributed by atoms with van der Waals surface area (Å²) < 4.78 is 2.15. The van der Waals surface area contributed by atoms with Gasteiger partial charge in [-0.25, -0.2) is 4.98 Å². The number of hydrogen-bond acceptors (Lipinski definition) is 4. The van der Waals surface area contributed by atoms with Crippen LogP contribution in [0.1, 0.15) is 20.1 Å². The average molecular weight is 403 g/mol. The largest absolute Gasteiger partial charge is 0.367 e. The van der Waals surface area contributed by atoms with Gasteiger partial charge in [-0.3, -0.25) is 4.79 Å². The molecule has 1 N–H and O–H groups in total. The molecule has 3 heterocycles. The van der Waals surface area contributed by atoms with Gasteiger partial charge in [-0.2, -0.15) is 0 Å². The van der Waals surface area contributed by atoms with Gasteiger partial charge in [0.1, 0.15) is 5.82 Å². The highest BCUT2D eigenvalue weighted by molar-refractivity contribution is 7.14. The average Bonchev–Trinajstić information content (AvgIpc) is 3.34. The molecular weight excluding hydrogens is 380 g/mol. The Morgan fingerprint density at radius 2 is 2.00 bits per heavy atom. The second kappa shape index (κ2) is 7.04. The lowest BCUT2D eigenvalue weighted by molar-refractivity contribution is 0.0967. The standard InChI is InChI=1S/C23H22N4OS/c1-24-23(28)21-13-16-14-27(11-10-20(16)29-21)17-7-5-6-15(12-17)22-25-18-8-3-4-9-19(18)26(22)2/h3-9,12-13H,10-11,14H2,1-2H3,(H,24,28). The third-order valence-corrected chi connectivity index (χ3v) is 6.81. The van der Waals surface area contributed by atoms with Gasteiger partial charge in [0.25, 0.3) is 5.91 Å². The molecule has 5 nitrogen and oxygen atoms in total. The summed E-state index contributed by atoms with van der Waals surface area (Å²) in [6.07, 6.45) is 0.966. The molecule has 1 amide bonds. The van der Waals surface area contributed by atoms with E-state index in [0.29, 0.717) is 0 Å². The number of nitrogens with zero attached hydrogens (tertiary/aromatic N) is 3. The molecule has 146 valence electrons. The molecule has 0 atom stereocenters. The van der Waals surface area contributed by atoms with E-state index in [2.05, 4.69) is 58.2 Å². The summed E-state index contributed by atoms with van der Waals surface area (Å²) in [7, 11) is 3.75. The highest BCUT2D eigenvalue weighted by Gasteiger charge is 2.22. The Labute approximate surface area is 173 Å². The number of thiophene rings is 1. The van der Waals surface area contributed by atoms with Gasteiger partial charge in [0.15, 0.2) is 0 Å². The van der Waals surface area contributed by atoms with Crippen molar-refractivity contribution in [2.24, 2.45) is 7.05 Å². The highest BCUT2D eigenvalue weighted by atomic mass is 32.1. The molecule has 1 aliphatic rings. The van der Waals surface area contributed by atoms with Crippen LogP contribution in [0, 0.1) is 0 Å². The Bertz CT molecular complexity index is 1220. The minimum atomic E-state index is -0.000189. The number of hydrogen-bond donors (Lipinski definition) is 1. The minimum Gasteiger partial charge on any atom is -0.367 e. The second-order valence-corrected chi connectivity index (χ2v) is 8.48. The molecule has 0 unspecified atom stereocenters. The van der Waals surface area contributed by atoms with E-state index in [-0.39, 0.29) is 5.91 Å². The number of amides is 1. The quantitative estimate of drug-likeness (QED) is 0.558. The van der Waals surface area contributed by atoms with Crippen LogP contribution < -0.4 is 10.2 Å². The molecule has 6 heteroatoms. The van der Waals surface area contributed by atoms with Gasteiger partial charge < -0.3 is 14.8 Å². The van der Waals surface area contributed by atoms with Crippen molar-refractivity contribution in [3.8, 4) is 11.4 Å². The van der Waals surface area contributed by atoms with Crippen LogP contribution in [0.15, 0.2) is 54.6 Å². The van der Waals surface area contributed by atoms with Crippen LogP contribution in [0.25, 0.3) is 22.4 Å². The third kappa shape index (κ3) is 3.09. The summed E-state index contributed by atoms with van der Waals surface area (Å²) in [6, 6.07) is 18.9. The second-order valence-electron chi connectivity index (χ2n) is 7.34. The number of rotatable bonds is 3. The van der Waals surface area contributed by atoms with Crippen LogP contribution in [0.2, 0.25) is 0 Å². The molecule has 0 aliphatic carbocycles. The van der Waals surface area contributed by atoms with Crippen molar-refractivity contribution < 1.29 is 4.79 Å². The van der Waals surface area contributed by atoms with Crippen LogP contribution in [0.4, 0.5) is 5.69 Å². The van der Waals surface area contributed by atoms with Crippen LogP contribution in [0.5, 0.6) is 0 Å². The Hall–Kier alpha value is -3.12. The predicted molar refractivity (Wildman–Crippen MR) is 119 cm³/mol. The topological polar surface area (TPSA) is 50.2 Å². The van der Waals surface area contributed by atoms with Crippen molar-refractivity contribution >= 4 is 34.0 Å². The van der Waals surface area contributed by atoms with E-state index in [1.165, 1.54) is 16.1 Å². The fraction of sp³-hybridized carbons (Fsp3) is 0.217. The lowest BCUT2D eigenvalue weighted by Crippen LogP contribution is -2.29. The van der Waals surface area contributed by atoms with Gasteiger partial charge in [-0.1, -0.05) is 24.3 Å². The Morgan fingerprint density at radius 1 is 1.14 bits per heavy atom. The number of fused-ring (bicyclic) bond motifs is 2. The van der Waals surface area contributed by atoms with Gasteiger partial charge in [0, 0.05) is 43.3 Å². The number of carbonyl (C=O) groups excluding carboxylic acids is 1. The van der Waals surface area contributed by atoms with E-state index >= 15 is 0 Å². The number of carbonyl (C=O) groups is 1. The van der Waals surface area contributed by atoms with Crippen molar-refractivity contribution in [2.75, 3.05) is 18.5 Å². The maximum atomic E-state index is 12.0. The zero-order chi connectivity index (χ0) is 20.0. The van der Waals surface area contributed by atoms with Crippen molar-refractivity contribution in [3.05, 3.63) is 69.9 Å². The summed E-state index contributed by atoms with van der Waals surface area (Å²) >= 11 is 1.62. The lowest BCUT2D eigenvalue weighted by Gasteiger charge is -2.29. The van der Waals surface area contributed by atoms with Crippen molar-refractivity contribution in [1.29, 1.82) is 0 Å². The molecular formula is C23H22N4OS. The zero-order valence-electron chi connectivity index (χ0n) is 16.5. The van der Waals surface area contributed by atoms with Gasteiger partial charge in [-0.15, -0.1) is 11.3 Å². The number of imidazole rings is 1. The smallest absolute Gasteiger partial charge is 0.261 e. The Kier molecular flexibility index (Phi) is 4.36. The first kappa shape index (κ1) is 17.9. The van der Waals surface area contributed by atoms with E-state index in [0.717, 1.165) is 46.8 Å². The first-order valence-corrected chi connectivity index (χ1v) is 10.6. The minimum absolute atomic E-state index is 0.000189. The van der Waals surface area contributed by atoms with Crippen molar-refractivity contribution in [3.63, 3.8) is 0 Å². The summed E-state index contributed by atoms with van der Waals surface area (Å²) in [5.74, 6) is 0.975. The number of para-hydroxylation sites is 2. The van der Waals surface area contributed by atoms with Crippen LogP contribution in [0.3, 0.4) is 0 Å². The molecule has 5 rings (SSSR count). The Balaban J connectivity index is 1.46. The van der Waals surface area contributed by atoms with Gasteiger partial charge in [0.05, 0.1) is 15.9 Å². The van der Waals surface area contributed by atoms with Crippen molar-refractivity contribution in [2.45, 2.75) is 13.0 Å². The molecule has 4 aromatic rings. The van der Waals surface area contributed by atoms with E-state index in [1.807, 2.05) is 18.2 Å². The van der Waals surface area contributed by atoms with Gasteiger partial charge >= 0.3 is 0 Å². The molecule has 1 aliphatic heterocycles. The van der Waals surface area contributed by atoms with Gasteiger partial charge in [-0.05, 0) is 42.3 Å². The fourth-order valence-corrected chi connectivity index (χ4v) is 5.14. The Morgan fingerprint density at radius 3 is 2.83 bits per heavy atom. The molecule has 2 aromatic heterocycles. The van der Waals surface area contributed by atoms with Crippen LogP contribution in [-0.4, -0.2) is 29.1 Å². The molecule has 0 fully saturated rings. The van der Waals surface area contributed by atoms with E-state index < -0.39 is 0 Å². The lowest BCUT2D eigenvalue weighted by atomic mass is 10.1. The number of aromatic nitrogens is 2. The molecule has 0 radical (unpaired) electrons. The zero-order valence-corrected chi connectivity index (χ0v) is 17.3. The van der Waals surface area contributed by atoms with E-state index in [9.17, 15) is 4.79 Å².